The van der Waals surface area contributed by atoms with E-state index in [1.165, 1.54) is 30.3 Å². The number of amides is 2. The number of nitrogens with zero attached hydrogens (tertiary/aromatic N) is 1. The maximum absolute atomic E-state index is 12.1. The number of carbonyl (C=O) groups excluding carboxylic acids is 3. The number of benzene rings is 2. The zero-order valence-electron chi connectivity index (χ0n) is 12.0. The molecule has 0 saturated carbocycles. The van der Waals surface area contributed by atoms with Crippen molar-refractivity contribution in [2.24, 2.45) is 0 Å². The molecule has 24 heavy (non-hydrogen) atoms. The fourth-order valence-electron chi connectivity index (χ4n) is 2.13. The second-order valence-electron chi connectivity index (χ2n) is 4.81. The number of hydrogen-bond acceptors (Lipinski definition) is 5. The molecule has 2 aromatic rings. The molecule has 8 heteroatoms. The summed E-state index contributed by atoms with van der Waals surface area (Å²) in [5.74, 6) is -2.06. The van der Waals surface area contributed by atoms with E-state index in [0.717, 1.165) is 0 Å². The van der Waals surface area contributed by atoms with Crippen molar-refractivity contribution in [2.45, 2.75) is 0 Å². The number of ether oxygens (including phenoxy) is 1. The smallest absolute Gasteiger partial charge is 0.370 e. The third kappa shape index (κ3) is 3.20. The Labute approximate surface area is 146 Å². The summed E-state index contributed by atoms with van der Waals surface area (Å²) in [6.45, 7) is -0.524. The molecule has 3 rings (SSSR count). The number of imide groups is 1. The van der Waals surface area contributed by atoms with E-state index >= 15 is 0 Å². The first-order valence-electron chi connectivity index (χ1n) is 6.73. The number of fused-ring (bicyclic) bond motifs is 1. The van der Waals surface area contributed by atoms with E-state index in [1.807, 2.05) is 0 Å². The van der Waals surface area contributed by atoms with Gasteiger partial charge in [-0.2, -0.15) is 0 Å². The quantitative estimate of drug-likeness (QED) is 0.778. The van der Waals surface area contributed by atoms with Crippen LogP contribution < -0.4 is 4.74 Å². The highest BCUT2D eigenvalue weighted by Crippen LogP contribution is 2.25. The van der Waals surface area contributed by atoms with Crippen LogP contribution in [0.15, 0.2) is 42.5 Å². The van der Waals surface area contributed by atoms with Crippen LogP contribution in [0.4, 0.5) is 0 Å². The van der Waals surface area contributed by atoms with Gasteiger partial charge in [0.05, 0.1) is 11.1 Å². The van der Waals surface area contributed by atoms with Crippen LogP contribution >= 0.6 is 23.2 Å². The van der Waals surface area contributed by atoms with E-state index in [4.69, 9.17) is 32.8 Å². The third-order valence-electron chi connectivity index (χ3n) is 3.14. The van der Waals surface area contributed by atoms with Gasteiger partial charge in [0.2, 0.25) is 0 Å². The Bertz CT molecular complexity index is 797. The molecule has 0 radical (unpaired) electrons. The van der Waals surface area contributed by atoms with Gasteiger partial charge in [-0.15, -0.1) is 0 Å². The van der Waals surface area contributed by atoms with E-state index in [2.05, 4.69) is 0 Å². The van der Waals surface area contributed by atoms with E-state index in [1.54, 1.807) is 12.1 Å². The topological polar surface area (TPSA) is 72.9 Å². The molecule has 0 bridgehead atoms. The first kappa shape index (κ1) is 16.3. The van der Waals surface area contributed by atoms with Gasteiger partial charge in [-0.05, 0) is 30.3 Å². The van der Waals surface area contributed by atoms with Gasteiger partial charge in [0.25, 0.3) is 11.8 Å². The molecule has 1 aliphatic rings. The SMILES string of the molecule is O=C(COc1cc(Cl)cc(Cl)c1)ON1C(=O)c2ccccc2C1=O. The summed E-state index contributed by atoms with van der Waals surface area (Å²) >= 11 is 11.6. The Morgan fingerprint density at radius 3 is 2.04 bits per heavy atom. The molecule has 122 valence electrons. The fourth-order valence-corrected chi connectivity index (χ4v) is 2.64. The van der Waals surface area contributed by atoms with Gasteiger partial charge in [0.15, 0.2) is 6.61 Å². The lowest BCUT2D eigenvalue weighted by atomic mass is 10.1. The average Bonchev–Trinajstić information content (AvgIpc) is 2.78. The van der Waals surface area contributed by atoms with Crippen LogP contribution in [0.2, 0.25) is 10.0 Å². The maximum atomic E-state index is 12.1. The molecule has 0 unspecified atom stereocenters. The minimum atomic E-state index is -0.916. The van der Waals surface area contributed by atoms with Crippen molar-refractivity contribution in [1.29, 1.82) is 0 Å². The molecule has 6 nitrogen and oxygen atoms in total. The van der Waals surface area contributed by atoms with E-state index in [9.17, 15) is 14.4 Å². The van der Waals surface area contributed by atoms with Crippen LogP contribution in [0.3, 0.4) is 0 Å². The van der Waals surface area contributed by atoms with Crippen LogP contribution in [0, 0.1) is 0 Å². The Balaban J connectivity index is 1.64. The summed E-state index contributed by atoms with van der Waals surface area (Å²) < 4.78 is 5.19. The predicted molar refractivity (Wildman–Crippen MR) is 85.0 cm³/mol. The lowest BCUT2D eigenvalue weighted by Gasteiger charge is -2.13. The number of hydrogen-bond donors (Lipinski definition) is 0. The molecular formula is C16H9Cl2NO5. The van der Waals surface area contributed by atoms with Crippen LogP contribution in [-0.4, -0.2) is 29.5 Å². The van der Waals surface area contributed by atoms with Crippen molar-refractivity contribution >= 4 is 41.0 Å². The molecule has 0 aliphatic carbocycles. The number of hydroxylamine groups is 2. The monoisotopic (exact) mass is 365 g/mol. The first-order chi connectivity index (χ1) is 11.5. The van der Waals surface area contributed by atoms with Crippen molar-refractivity contribution in [3.63, 3.8) is 0 Å². The molecule has 0 spiro atoms. The number of rotatable bonds is 4. The molecule has 1 aliphatic heterocycles. The molecule has 0 N–H and O–H groups in total. The Hall–Kier alpha value is -2.57. The van der Waals surface area contributed by atoms with Crippen molar-refractivity contribution < 1.29 is 24.0 Å². The predicted octanol–water partition coefficient (Wildman–Crippen LogP) is 3.13. The Morgan fingerprint density at radius 1 is 0.958 bits per heavy atom. The summed E-state index contributed by atoms with van der Waals surface area (Å²) in [6, 6.07) is 10.6. The molecule has 0 aromatic heterocycles. The lowest BCUT2D eigenvalue weighted by molar-refractivity contribution is -0.170. The second kappa shape index (κ2) is 6.51. The Kier molecular flexibility index (Phi) is 4.42. The van der Waals surface area contributed by atoms with E-state index in [-0.39, 0.29) is 16.9 Å². The van der Waals surface area contributed by atoms with Crippen molar-refractivity contribution in [3.05, 3.63) is 63.6 Å². The number of halogens is 2. The maximum Gasteiger partial charge on any atom is 0.370 e. The van der Waals surface area contributed by atoms with Crippen molar-refractivity contribution in [2.75, 3.05) is 6.61 Å². The summed E-state index contributed by atoms with van der Waals surface area (Å²) in [4.78, 5) is 40.7. The first-order valence-corrected chi connectivity index (χ1v) is 7.49. The zero-order chi connectivity index (χ0) is 17.3. The average molecular weight is 366 g/mol. The van der Waals surface area contributed by atoms with Crippen molar-refractivity contribution in [1.82, 2.24) is 5.06 Å². The normalized spacial score (nSPS) is 13.0. The summed E-state index contributed by atoms with van der Waals surface area (Å²) in [5.41, 5.74) is 0.357. The van der Waals surface area contributed by atoms with E-state index < -0.39 is 24.4 Å². The molecule has 2 amide bonds. The summed E-state index contributed by atoms with van der Waals surface area (Å²) in [5, 5.41) is 1.10. The van der Waals surface area contributed by atoms with Crippen LogP contribution in [-0.2, 0) is 9.63 Å². The Morgan fingerprint density at radius 2 is 1.50 bits per heavy atom. The van der Waals surface area contributed by atoms with Crippen LogP contribution in [0.5, 0.6) is 5.75 Å². The van der Waals surface area contributed by atoms with E-state index in [0.29, 0.717) is 15.1 Å². The van der Waals surface area contributed by atoms with Gasteiger partial charge < -0.3 is 9.57 Å². The molecule has 0 fully saturated rings. The van der Waals surface area contributed by atoms with Gasteiger partial charge in [-0.3, -0.25) is 9.59 Å². The lowest BCUT2D eigenvalue weighted by Crippen LogP contribution is -2.34. The van der Waals surface area contributed by atoms with Gasteiger partial charge in [-0.25, -0.2) is 4.79 Å². The molecule has 1 heterocycles. The molecule has 0 saturated heterocycles. The number of carbonyl (C=O) groups is 3. The highest BCUT2D eigenvalue weighted by atomic mass is 35.5. The largest absolute Gasteiger partial charge is 0.482 e. The fraction of sp³-hybridized carbons (Fsp3) is 0.0625. The third-order valence-corrected chi connectivity index (χ3v) is 3.58. The highest BCUT2D eigenvalue weighted by molar-refractivity contribution is 6.34. The van der Waals surface area contributed by atoms with Crippen molar-refractivity contribution in [3.8, 4) is 5.75 Å². The minimum Gasteiger partial charge on any atom is -0.482 e. The summed E-state index contributed by atoms with van der Waals surface area (Å²) in [7, 11) is 0. The second-order valence-corrected chi connectivity index (χ2v) is 5.68. The van der Waals surface area contributed by atoms with Gasteiger partial charge >= 0.3 is 5.97 Å². The zero-order valence-corrected chi connectivity index (χ0v) is 13.5. The molecule has 2 aromatic carbocycles. The standard InChI is InChI=1S/C16H9Cl2NO5/c17-9-5-10(18)7-11(6-9)23-8-14(20)24-19-15(21)12-3-1-2-4-13(12)16(19)22/h1-7H,8H2. The van der Waals surface area contributed by atoms with Crippen LogP contribution in [0.25, 0.3) is 0 Å². The summed E-state index contributed by atoms with van der Waals surface area (Å²) in [6.07, 6.45) is 0. The van der Waals surface area contributed by atoms with Gasteiger partial charge in [-0.1, -0.05) is 40.4 Å². The molecular weight excluding hydrogens is 357 g/mol. The van der Waals surface area contributed by atoms with Gasteiger partial charge in [0.1, 0.15) is 5.75 Å². The van der Waals surface area contributed by atoms with Crippen LogP contribution in [0.1, 0.15) is 20.7 Å². The van der Waals surface area contributed by atoms with Gasteiger partial charge in [0, 0.05) is 10.0 Å². The minimum absolute atomic E-state index is 0.179. The molecule has 0 atom stereocenters. The highest BCUT2D eigenvalue weighted by Gasteiger charge is 2.38.